The largest absolute Gasteiger partial charge is 0.352 e. The van der Waals surface area contributed by atoms with Gasteiger partial charge in [-0.05, 0) is 52.5 Å². The molecule has 0 aromatic heterocycles. The number of rotatable bonds is 6. The number of carbonyl (C=O) groups excluding carboxylic acids is 1. The molecule has 4 heteroatoms. The topological polar surface area (TPSA) is 58.4 Å². The second kappa shape index (κ2) is 7.85. The molecule has 19 heavy (non-hydrogen) atoms. The van der Waals surface area contributed by atoms with Crippen molar-refractivity contribution in [2.45, 2.75) is 83.5 Å². The van der Waals surface area contributed by atoms with E-state index >= 15 is 0 Å². The molecule has 0 heterocycles. The number of likely N-dealkylation sites (N-methyl/N-ethyl adjacent to an activating group) is 1. The average molecular weight is 269 g/mol. The van der Waals surface area contributed by atoms with E-state index in [4.69, 9.17) is 5.73 Å². The maximum absolute atomic E-state index is 12.2. The van der Waals surface area contributed by atoms with E-state index in [1.165, 1.54) is 0 Å². The quantitative estimate of drug-likeness (QED) is 0.774. The fourth-order valence-corrected chi connectivity index (χ4v) is 2.82. The van der Waals surface area contributed by atoms with Gasteiger partial charge in [0.2, 0.25) is 5.91 Å². The highest BCUT2D eigenvalue weighted by atomic mass is 16.2. The molecule has 3 N–H and O–H groups in total. The van der Waals surface area contributed by atoms with Crippen LogP contribution in [0.2, 0.25) is 0 Å². The first-order chi connectivity index (χ1) is 8.99. The van der Waals surface area contributed by atoms with Gasteiger partial charge in [0, 0.05) is 18.1 Å². The van der Waals surface area contributed by atoms with Crippen LogP contribution in [0.15, 0.2) is 0 Å². The Kier molecular flexibility index (Phi) is 6.80. The SMILES string of the molecule is CCC(CC)NC(=O)C(C)N(C)C1CCC(N)CC1. The van der Waals surface area contributed by atoms with Crippen molar-refractivity contribution in [1.82, 2.24) is 10.2 Å². The zero-order chi connectivity index (χ0) is 14.4. The smallest absolute Gasteiger partial charge is 0.237 e. The van der Waals surface area contributed by atoms with E-state index in [2.05, 4.69) is 31.1 Å². The first kappa shape index (κ1) is 16.4. The van der Waals surface area contributed by atoms with Crippen LogP contribution in [0.5, 0.6) is 0 Å². The number of carbonyl (C=O) groups is 1. The van der Waals surface area contributed by atoms with Crippen LogP contribution in [-0.4, -0.2) is 42.0 Å². The maximum atomic E-state index is 12.2. The van der Waals surface area contributed by atoms with Gasteiger partial charge in [-0.1, -0.05) is 13.8 Å². The molecule has 0 aromatic rings. The summed E-state index contributed by atoms with van der Waals surface area (Å²) in [6.45, 7) is 6.24. The van der Waals surface area contributed by atoms with Gasteiger partial charge in [-0.15, -0.1) is 0 Å². The Hall–Kier alpha value is -0.610. The van der Waals surface area contributed by atoms with Gasteiger partial charge in [0.05, 0.1) is 6.04 Å². The first-order valence-corrected chi connectivity index (χ1v) is 7.77. The molecule has 0 spiro atoms. The molecule has 1 fully saturated rings. The summed E-state index contributed by atoms with van der Waals surface area (Å²) >= 11 is 0. The van der Waals surface area contributed by atoms with Crippen LogP contribution in [0.1, 0.15) is 59.3 Å². The van der Waals surface area contributed by atoms with Crippen molar-refractivity contribution in [3.63, 3.8) is 0 Å². The summed E-state index contributed by atoms with van der Waals surface area (Å²) in [4.78, 5) is 14.5. The Morgan fingerprint density at radius 2 is 1.79 bits per heavy atom. The molecule has 1 amide bonds. The van der Waals surface area contributed by atoms with Gasteiger partial charge in [0.15, 0.2) is 0 Å². The molecular formula is C15H31N3O. The third-order valence-electron chi connectivity index (χ3n) is 4.64. The normalized spacial score (nSPS) is 25.6. The fraction of sp³-hybridized carbons (Fsp3) is 0.933. The summed E-state index contributed by atoms with van der Waals surface area (Å²) in [5, 5.41) is 3.14. The molecule has 1 atom stereocenters. The molecule has 0 saturated heterocycles. The fourth-order valence-electron chi connectivity index (χ4n) is 2.82. The van der Waals surface area contributed by atoms with Crippen LogP contribution < -0.4 is 11.1 Å². The predicted octanol–water partition coefficient (Wildman–Crippen LogP) is 1.88. The van der Waals surface area contributed by atoms with E-state index in [0.29, 0.717) is 18.1 Å². The third kappa shape index (κ3) is 4.77. The van der Waals surface area contributed by atoms with Crippen molar-refractivity contribution in [2.75, 3.05) is 7.05 Å². The van der Waals surface area contributed by atoms with Crippen LogP contribution in [0.25, 0.3) is 0 Å². The van der Waals surface area contributed by atoms with Crippen molar-refractivity contribution in [3.05, 3.63) is 0 Å². The Balaban J connectivity index is 2.46. The summed E-state index contributed by atoms with van der Waals surface area (Å²) in [7, 11) is 2.07. The van der Waals surface area contributed by atoms with Crippen LogP contribution >= 0.6 is 0 Å². The maximum Gasteiger partial charge on any atom is 0.237 e. The lowest BCUT2D eigenvalue weighted by atomic mass is 9.90. The van der Waals surface area contributed by atoms with Crippen molar-refractivity contribution in [2.24, 2.45) is 5.73 Å². The lowest BCUT2D eigenvalue weighted by Crippen LogP contribution is -2.51. The summed E-state index contributed by atoms with van der Waals surface area (Å²) in [6, 6.07) is 1.11. The van der Waals surface area contributed by atoms with E-state index in [9.17, 15) is 4.79 Å². The highest BCUT2D eigenvalue weighted by Gasteiger charge is 2.28. The molecule has 1 aliphatic carbocycles. The molecule has 0 bridgehead atoms. The van der Waals surface area contributed by atoms with Crippen LogP contribution in [0, 0.1) is 0 Å². The molecule has 1 rings (SSSR count). The molecule has 1 saturated carbocycles. The molecule has 4 nitrogen and oxygen atoms in total. The standard InChI is InChI=1S/C15H31N3O/c1-5-13(6-2)17-15(19)11(3)18(4)14-9-7-12(16)8-10-14/h11-14H,5-10,16H2,1-4H3,(H,17,19). The molecule has 0 aromatic carbocycles. The number of nitrogens with one attached hydrogen (secondary N) is 1. The lowest BCUT2D eigenvalue weighted by molar-refractivity contribution is -0.127. The summed E-state index contributed by atoms with van der Waals surface area (Å²) in [5.41, 5.74) is 5.94. The molecule has 1 unspecified atom stereocenters. The number of hydrogen-bond donors (Lipinski definition) is 2. The van der Waals surface area contributed by atoms with Crippen molar-refractivity contribution >= 4 is 5.91 Å². The molecule has 112 valence electrons. The highest BCUT2D eigenvalue weighted by molar-refractivity contribution is 5.81. The minimum absolute atomic E-state index is 0.0556. The average Bonchev–Trinajstić information content (AvgIpc) is 2.43. The van der Waals surface area contributed by atoms with E-state index in [-0.39, 0.29) is 11.9 Å². The van der Waals surface area contributed by atoms with Gasteiger partial charge in [0.1, 0.15) is 0 Å². The second-order valence-electron chi connectivity index (χ2n) is 5.93. The number of amides is 1. The Morgan fingerprint density at radius 3 is 2.26 bits per heavy atom. The Morgan fingerprint density at radius 1 is 1.26 bits per heavy atom. The van der Waals surface area contributed by atoms with Gasteiger partial charge in [0.25, 0.3) is 0 Å². The number of nitrogens with zero attached hydrogens (tertiary/aromatic N) is 1. The van der Waals surface area contributed by atoms with Gasteiger partial charge in [-0.25, -0.2) is 0 Å². The second-order valence-corrected chi connectivity index (χ2v) is 5.93. The molecular weight excluding hydrogens is 238 g/mol. The van der Waals surface area contributed by atoms with E-state index in [0.717, 1.165) is 38.5 Å². The summed E-state index contributed by atoms with van der Waals surface area (Å²) < 4.78 is 0. The van der Waals surface area contributed by atoms with Crippen molar-refractivity contribution < 1.29 is 4.79 Å². The van der Waals surface area contributed by atoms with E-state index in [1.807, 2.05) is 6.92 Å². The minimum atomic E-state index is -0.0556. The minimum Gasteiger partial charge on any atom is -0.352 e. The van der Waals surface area contributed by atoms with Gasteiger partial charge in [-0.2, -0.15) is 0 Å². The van der Waals surface area contributed by atoms with E-state index < -0.39 is 0 Å². The van der Waals surface area contributed by atoms with E-state index in [1.54, 1.807) is 0 Å². The van der Waals surface area contributed by atoms with Crippen LogP contribution in [0.3, 0.4) is 0 Å². The predicted molar refractivity (Wildman–Crippen MR) is 80.0 cm³/mol. The molecule has 1 aliphatic rings. The highest BCUT2D eigenvalue weighted by Crippen LogP contribution is 2.22. The summed E-state index contributed by atoms with van der Waals surface area (Å²) in [5.74, 6) is 0.158. The molecule has 0 aliphatic heterocycles. The van der Waals surface area contributed by atoms with Gasteiger partial charge in [-0.3, -0.25) is 9.69 Å². The Labute approximate surface area is 118 Å². The van der Waals surface area contributed by atoms with Gasteiger partial charge >= 0.3 is 0 Å². The third-order valence-corrected chi connectivity index (χ3v) is 4.64. The summed E-state index contributed by atoms with van der Waals surface area (Å²) in [6.07, 6.45) is 6.38. The van der Waals surface area contributed by atoms with Gasteiger partial charge < -0.3 is 11.1 Å². The number of hydrogen-bond acceptors (Lipinski definition) is 3. The number of nitrogens with two attached hydrogens (primary N) is 1. The lowest BCUT2D eigenvalue weighted by Gasteiger charge is -2.36. The van der Waals surface area contributed by atoms with Crippen molar-refractivity contribution in [1.29, 1.82) is 0 Å². The van der Waals surface area contributed by atoms with Crippen LogP contribution in [-0.2, 0) is 4.79 Å². The zero-order valence-corrected chi connectivity index (χ0v) is 13.0. The van der Waals surface area contributed by atoms with Crippen molar-refractivity contribution in [3.8, 4) is 0 Å². The molecule has 0 radical (unpaired) electrons. The first-order valence-electron chi connectivity index (χ1n) is 7.77. The monoisotopic (exact) mass is 269 g/mol. The van der Waals surface area contributed by atoms with Crippen LogP contribution in [0.4, 0.5) is 0 Å². The Bertz CT molecular complexity index is 271. The zero-order valence-electron chi connectivity index (χ0n) is 13.0.